The van der Waals surface area contributed by atoms with Crippen molar-refractivity contribution in [1.82, 2.24) is 5.32 Å². The molecule has 6 heteroatoms. The van der Waals surface area contributed by atoms with Gasteiger partial charge in [-0.3, -0.25) is 4.79 Å². The quantitative estimate of drug-likeness (QED) is 0.330. The maximum atomic E-state index is 11.3. The molecule has 0 aliphatic heterocycles. The van der Waals surface area contributed by atoms with Gasteiger partial charge < -0.3 is 10.4 Å². The molecule has 0 aliphatic rings. The second-order valence-corrected chi connectivity index (χ2v) is 4.85. The van der Waals surface area contributed by atoms with Crippen LogP contribution in [0.4, 0.5) is 0 Å². The van der Waals surface area contributed by atoms with Crippen LogP contribution in [0.1, 0.15) is 43.4 Å². The van der Waals surface area contributed by atoms with E-state index in [0.717, 1.165) is 5.56 Å². The van der Waals surface area contributed by atoms with Gasteiger partial charge in [-0.25, -0.2) is 0 Å². The molecule has 0 bridgehead atoms. The largest absolute Gasteiger partial charge is 0.480 e. The highest BCUT2D eigenvalue weighted by atomic mass is 16.4. The van der Waals surface area contributed by atoms with Crippen LogP contribution >= 0.6 is 0 Å². The number of carbonyl (C=O) groups is 1. The molecule has 0 heterocycles. The average molecular weight is 276 g/mol. The van der Waals surface area contributed by atoms with Gasteiger partial charge in [0.25, 0.3) is 0 Å². The van der Waals surface area contributed by atoms with Crippen LogP contribution in [0.25, 0.3) is 10.4 Å². The van der Waals surface area contributed by atoms with Crippen molar-refractivity contribution in [1.29, 1.82) is 0 Å². The fourth-order valence-corrected chi connectivity index (χ4v) is 1.86. The van der Waals surface area contributed by atoms with E-state index in [-0.39, 0.29) is 0 Å². The Labute approximate surface area is 118 Å². The van der Waals surface area contributed by atoms with Crippen LogP contribution in [-0.2, 0) is 4.79 Å². The highest BCUT2D eigenvalue weighted by Crippen LogP contribution is 2.19. The van der Waals surface area contributed by atoms with E-state index >= 15 is 0 Å². The Morgan fingerprint density at radius 3 is 2.45 bits per heavy atom. The van der Waals surface area contributed by atoms with E-state index in [2.05, 4.69) is 29.2 Å². The minimum atomic E-state index is -0.911. The van der Waals surface area contributed by atoms with Crippen molar-refractivity contribution in [3.8, 4) is 0 Å². The van der Waals surface area contributed by atoms with Crippen molar-refractivity contribution >= 4 is 5.97 Å². The number of benzene rings is 1. The molecule has 1 unspecified atom stereocenters. The molecule has 1 atom stereocenters. The van der Waals surface area contributed by atoms with Gasteiger partial charge in [0.05, 0.1) is 0 Å². The summed E-state index contributed by atoms with van der Waals surface area (Å²) in [6.45, 7) is 5.04. The van der Waals surface area contributed by atoms with Crippen LogP contribution in [0.3, 0.4) is 0 Å². The highest BCUT2D eigenvalue weighted by molar-refractivity contribution is 5.75. The van der Waals surface area contributed by atoms with Crippen molar-refractivity contribution in [2.75, 3.05) is 13.1 Å². The number of nitrogens with zero attached hydrogens (tertiary/aromatic N) is 3. The van der Waals surface area contributed by atoms with Gasteiger partial charge in [-0.1, -0.05) is 43.2 Å². The first-order valence-electron chi connectivity index (χ1n) is 6.63. The summed E-state index contributed by atoms with van der Waals surface area (Å²) in [4.78, 5) is 13.9. The lowest BCUT2D eigenvalue weighted by Crippen LogP contribution is -2.29. The SMILES string of the molecule is CC(C)c1ccc(C(NCCCN=[N+]=[N-])C(=O)O)cc1. The molecule has 1 rings (SSSR count). The zero-order chi connectivity index (χ0) is 15.0. The second kappa shape index (κ2) is 8.19. The number of azide groups is 1. The number of rotatable bonds is 8. The Hall–Kier alpha value is -2.04. The van der Waals surface area contributed by atoms with Crippen molar-refractivity contribution in [3.05, 3.63) is 45.8 Å². The highest BCUT2D eigenvalue weighted by Gasteiger charge is 2.18. The Morgan fingerprint density at radius 1 is 1.35 bits per heavy atom. The topological polar surface area (TPSA) is 98.1 Å². The van der Waals surface area contributed by atoms with E-state index < -0.39 is 12.0 Å². The van der Waals surface area contributed by atoms with Gasteiger partial charge >= 0.3 is 5.97 Å². The summed E-state index contributed by atoms with van der Waals surface area (Å²) in [5, 5.41) is 15.6. The van der Waals surface area contributed by atoms with Crippen molar-refractivity contribution in [2.45, 2.75) is 32.2 Å². The summed E-state index contributed by atoms with van der Waals surface area (Å²) in [5.41, 5.74) is 10.1. The number of nitrogens with one attached hydrogen (secondary N) is 1. The minimum absolute atomic E-state index is 0.363. The van der Waals surface area contributed by atoms with Gasteiger partial charge in [-0.2, -0.15) is 0 Å². The first-order valence-corrected chi connectivity index (χ1v) is 6.63. The maximum absolute atomic E-state index is 11.3. The fourth-order valence-electron chi connectivity index (χ4n) is 1.86. The number of hydrogen-bond donors (Lipinski definition) is 2. The normalized spacial score (nSPS) is 11.9. The third-order valence-electron chi connectivity index (χ3n) is 3.03. The summed E-state index contributed by atoms with van der Waals surface area (Å²) in [6, 6.07) is 6.86. The lowest BCUT2D eigenvalue weighted by Gasteiger charge is -2.15. The molecule has 6 nitrogen and oxygen atoms in total. The molecule has 0 radical (unpaired) electrons. The first kappa shape index (κ1) is 16.0. The third kappa shape index (κ3) is 4.91. The van der Waals surface area contributed by atoms with E-state index in [1.165, 1.54) is 5.56 Å². The minimum Gasteiger partial charge on any atom is -0.480 e. The number of carboxylic acids is 1. The van der Waals surface area contributed by atoms with Gasteiger partial charge in [-0.15, -0.1) is 0 Å². The summed E-state index contributed by atoms with van der Waals surface area (Å²) < 4.78 is 0. The molecule has 108 valence electrons. The molecule has 1 aromatic carbocycles. The molecule has 0 amide bonds. The number of hydrogen-bond acceptors (Lipinski definition) is 3. The van der Waals surface area contributed by atoms with Crippen molar-refractivity contribution in [3.63, 3.8) is 0 Å². The summed E-state index contributed by atoms with van der Waals surface area (Å²) in [5.74, 6) is -0.491. The van der Waals surface area contributed by atoms with E-state index in [4.69, 9.17) is 5.53 Å². The van der Waals surface area contributed by atoms with Gasteiger partial charge in [0, 0.05) is 11.5 Å². The van der Waals surface area contributed by atoms with E-state index in [1.807, 2.05) is 24.3 Å². The van der Waals surface area contributed by atoms with Crippen molar-refractivity contribution in [2.24, 2.45) is 5.11 Å². The zero-order valence-corrected chi connectivity index (χ0v) is 11.8. The lowest BCUT2D eigenvalue weighted by atomic mass is 9.99. The van der Waals surface area contributed by atoms with Gasteiger partial charge in [0.1, 0.15) is 6.04 Å². The van der Waals surface area contributed by atoms with Crippen LogP contribution in [-0.4, -0.2) is 24.2 Å². The monoisotopic (exact) mass is 276 g/mol. The molecule has 20 heavy (non-hydrogen) atoms. The number of aliphatic carboxylic acids is 1. The molecule has 0 aromatic heterocycles. The molecule has 0 saturated carbocycles. The first-order chi connectivity index (χ1) is 9.56. The van der Waals surface area contributed by atoms with Gasteiger partial charge in [-0.05, 0) is 35.5 Å². The summed E-state index contributed by atoms with van der Waals surface area (Å²) >= 11 is 0. The van der Waals surface area contributed by atoms with Crippen molar-refractivity contribution < 1.29 is 9.90 Å². The van der Waals surface area contributed by atoms with Gasteiger partial charge in [0.15, 0.2) is 0 Å². The molecular weight excluding hydrogens is 256 g/mol. The molecule has 0 fully saturated rings. The zero-order valence-electron chi connectivity index (χ0n) is 11.8. The Bertz CT molecular complexity index is 478. The Morgan fingerprint density at radius 2 is 1.95 bits per heavy atom. The molecule has 0 aliphatic carbocycles. The molecule has 0 spiro atoms. The second-order valence-electron chi connectivity index (χ2n) is 4.85. The Balaban J connectivity index is 2.65. The van der Waals surface area contributed by atoms with Crippen LogP contribution in [0, 0.1) is 0 Å². The van der Waals surface area contributed by atoms with E-state index in [0.29, 0.717) is 25.4 Å². The lowest BCUT2D eigenvalue weighted by molar-refractivity contribution is -0.139. The predicted molar refractivity (Wildman–Crippen MR) is 77.5 cm³/mol. The smallest absolute Gasteiger partial charge is 0.325 e. The number of carboxylic acid groups (broad SMARTS) is 1. The Kier molecular flexibility index (Phi) is 6.56. The summed E-state index contributed by atoms with van der Waals surface area (Å²) in [6.07, 6.45) is 0.609. The van der Waals surface area contributed by atoms with Crippen LogP contribution in [0.15, 0.2) is 29.4 Å². The molecular formula is C14H20N4O2. The van der Waals surface area contributed by atoms with Crippen LogP contribution in [0.2, 0.25) is 0 Å². The molecule has 2 N–H and O–H groups in total. The molecule has 0 saturated heterocycles. The third-order valence-corrected chi connectivity index (χ3v) is 3.03. The summed E-state index contributed by atoms with van der Waals surface area (Å²) in [7, 11) is 0. The predicted octanol–water partition coefficient (Wildman–Crippen LogP) is 3.23. The molecule has 1 aromatic rings. The fraction of sp³-hybridized carbons (Fsp3) is 0.500. The van der Waals surface area contributed by atoms with E-state index in [1.54, 1.807) is 0 Å². The van der Waals surface area contributed by atoms with Crippen LogP contribution in [0.5, 0.6) is 0 Å². The average Bonchev–Trinajstić information content (AvgIpc) is 2.42. The maximum Gasteiger partial charge on any atom is 0.325 e. The van der Waals surface area contributed by atoms with Gasteiger partial charge in [0.2, 0.25) is 0 Å². The van der Waals surface area contributed by atoms with Crippen LogP contribution < -0.4 is 5.32 Å². The standard InChI is InChI=1S/C14H20N4O2/c1-10(2)11-4-6-12(7-5-11)13(14(19)20)16-8-3-9-17-18-15/h4-7,10,13,16H,3,8-9H2,1-2H3,(H,19,20). The van der Waals surface area contributed by atoms with E-state index in [9.17, 15) is 9.90 Å².